The van der Waals surface area contributed by atoms with Gasteiger partial charge in [-0.3, -0.25) is 19.3 Å². The Morgan fingerprint density at radius 3 is 2.67 bits per heavy atom. The fraction of sp³-hybridized carbons (Fsp3) is 0.615. The van der Waals surface area contributed by atoms with Gasteiger partial charge >= 0.3 is 0 Å². The average Bonchev–Trinajstić information content (AvgIpc) is 2.86. The van der Waals surface area contributed by atoms with E-state index in [4.69, 9.17) is 0 Å². The second-order valence-electron chi connectivity index (χ2n) is 5.39. The Kier molecular flexibility index (Phi) is 2.33. The normalized spacial score (nSPS) is 34.6. The van der Waals surface area contributed by atoms with Crippen molar-refractivity contribution in [1.29, 1.82) is 0 Å². The Balaban J connectivity index is 1.93. The molecule has 3 atom stereocenters. The van der Waals surface area contributed by atoms with Crippen molar-refractivity contribution in [3.8, 4) is 0 Å². The van der Waals surface area contributed by atoms with E-state index in [0.717, 1.165) is 5.57 Å². The Hall–Kier alpha value is -1.65. The fourth-order valence-corrected chi connectivity index (χ4v) is 3.44. The second kappa shape index (κ2) is 3.67. The van der Waals surface area contributed by atoms with Crippen molar-refractivity contribution in [2.75, 3.05) is 20.1 Å². The molecule has 2 heterocycles. The Morgan fingerprint density at radius 1 is 1.28 bits per heavy atom. The number of hydrogen-bond donors (Lipinski definition) is 0. The monoisotopic (exact) mass is 248 g/mol. The summed E-state index contributed by atoms with van der Waals surface area (Å²) < 4.78 is 0. The summed E-state index contributed by atoms with van der Waals surface area (Å²) in [4.78, 5) is 38.5. The molecule has 2 fully saturated rings. The summed E-state index contributed by atoms with van der Waals surface area (Å²) in [5.41, 5.74) is 1.16. The summed E-state index contributed by atoms with van der Waals surface area (Å²) >= 11 is 0. The standard InChI is InChI=1S/C13H16N2O3/c1-7(16)15-5-8-3-4-9-11(10(8)6-15)13(18)14(2)12(9)17/h3,9-11H,4-6H2,1-2H3. The van der Waals surface area contributed by atoms with Crippen LogP contribution in [0.2, 0.25) is 0 Å². The molecule has 3 aliphatic rings. The van der Waals surface area contributed by atoms with E-state index in [2.05, 4.69) is 6.08 Å². The number of likely N-dealkylation sites (tertiary alicyclic amines) is 2. The van der Waals surface area contributed by atoms with Gasteiger partial charge in [-0.25, -0.2) is 0 Å². The lowest BCUT2D eigenvalue weighted by atomic mass is 9.74. The zero-order valence-electron chi connectivity index (χ0n) is 10.5. The molecular weight excluding hydrogens is 232 g/mol. The molecule has 2 saturated heterocycles. The highest BCUT2D eigenvalue weighted by Crippen LogP contribution is 2.44. The summed E-state index contributed by atoms with van der Waals surface area (Å²) in [7, 11) is 1.56. The number of allylic oxidation sites excluding steroid dienone is 1. The number of nitrogens with zero attached hydrogens (tertiary/aromatic N) is 2. The van der Waals surface area contributed by atoms with Crippen LogP contribution in [0.15, 0.2) is 11.6 Å². The molecule has 3 rings (SSSR count). The number of rotatable bonds is 0. The molecule has 1 aliphatic carbocycles. The van der Waals surface area contributed by atoms with Gasteiger partial charge in [-0.15, -0.1) is 0 Å². The van der Waals surface area contributed by atoms with Crippen LogP contribution in [0.4, 0.5) is 0 Å². The van der Waals surface area contributed by atoms with E-state index in [1.165, 1.54) is 4.90 Å². The molecule has 0 aromatic rings. The highest BCUT2D eigenvalue weighted by molar-refractivity contribution is 6.05. The fourth-order valence-electron chi connectivity index (χ4n) is 3.44. The van der Waals surface area contributed by atoms with E-state index in [0.29, 0.717) is 19.5 Å². The third-order valence-corrected chi connectivity index (χ3v) is 4.48. The molecule has 0 bridgehead atoms. The van der Waals surface area contributed by atoms with E-state index in [1.54, 1.807) is 18.9 Å². The SMILES string of the molecule is CC(=O)N1CC2=CCC3C(=O)N(C)C(=O)C3C2C1. The molecule has 3 amide bonds. The first-order valence-corrected chi connectivity index (χ1v) is 6.26. The Morgan fingerprint density at radius 2 is 2.00 bits per heavy atom. The molecule has 0 spiro atoms. The molecule has 0 radical (unpaired) electrons. The molecule has 5 heteroatoms. The number of amides is 3. The summed E-state index contributed by atoms with van der Waals surface area (Å²) in [6, 6.07) is 0. The van der Waals surface area contributed by atoms with Crippen molar-refractivity contribution in [1.82, 2.24) is 9.80 Å². The van der Waals surface area contributed by atoms with Gasteiger partial charge in [-0.1, -0.05) is 6.08 Å². The predicted molar refractivity (Wildman–Crippen MR) is 63.2 cm³/mol. The molecule has 96 valence electrons. The lowest BCUT2D eigenvalue weighted by Gasteiger charge is -2.25. The molecule has 0 aromatic heterocycles. The van der Waals surface area contributed by atoms with Crippen molar-refractivity contribution in [3.05, 3.63) is 11.6 Å². The summed E-state index contributed by atoms with van der Waals surface area (Å²) in [5.74, 6) is -0.511. The lowest BCUT2D eigenvalue weighted by molar-refractivity contribution is -0.138. The predicted octanol–water partition coefficient (Wildman–Crippen LogP) is 0.0258. The maximum absolute atomic E-state index is 12.1. The second-order valence-corrected chi connectivity index (χ2v) is 5.39. The van der Waals surface area contributed by atoms with E-state index < -0.39 is 0 Å². The van der Waals surface area contributed by atoms with Crippen molar-refractivity contribution < 1.29 is 14.4 Å². The first-order chi connectivity index (χ1) is 8.50. The van der Waals surface area contributed by atoms with E-state index in [9.17, 15) is 14.4 Å². The van der Waals surface area contributed by atoms with Crippen LogP contribution in [0.5, 0.6) is 0 Å². The summed E-state index contributed by atoms with van der Waals surface area (Å²) in [6.07, 6.45) is 2.69. The molecule has 0 saturated carbocycles. The van der Waals surface area contributed by atoms with Gasteiger partial charge in [-0.2, -0.15) is 0 Å². The van der Waals surface area contributed by atoms with Gasteiger partial charge in [0.2, 0.25) is 17.7 Å². The first-order valence-electron chi connectivity index (χ1n) is 6.26. The van der Waals surface area contributed by atoms with Crippen LogP contribution in [0.25, 0.3) is 0 Å². The van der Waals surface area contributed by atoms with Crippen molar-refractivity contribution >= 4 is 17.7 Å². The lowest BCUT2D eigenvalue weighted by Crippen LogP contribution is -2.33. The zero-order valence-corrected chi connectivity index (χ0v) is 10.5. The number of hydrogen-bond acceptors (Lipinski definition) is 3. The van der Waals surface area contributed by atoms with Crippen LogP contribution in [0.3, 0.4) is 0 Å². The quantitative estimate of drug-likeness (QED) is 0.449. The molecule has 2 aliphatic heterocycles. The minimum Gasteiger partial charge on any atom is -0.338 e. The van der Waals surface area contributed by atoms with E-state index >= 15 is 0 Å². The number of carbonyl (C=O) groups excluding carboxylic acids is 3. The van der Waals surface area contributed by atoms with Crippen molar-refractivity contribution in [2.24, 2.45) is 17.8 Å². The van der Waals surface area contributed by atoms with Gasteiger partial charge in [0.25, 0.3) is 0 Å². The highest BCUT2D eigenvalue weighted by Gasteiger charge is 2.53. The van der Waals surface area contributed by atoms with Crippen LogP contribution in [-0.2, 0) is 14.4 Å². The highest BCUT2D eigenvalue weighted by atomic mass is 16.2. The maximum atomic E-state index is 12.1. The largest absolute Gasteiger partial charge is 0.338 e. The first kappa shape index (κ1) is 11.4. The molecular formula is C13H16N2O3. The minimum absolute atomic E-state index is 0.0342. The van der Waals surface area contributed by atoms with Gasteiger partial charge in [0.1, 0.15) is 0 Å². The Bertz CT molecular complexity index is 483. The van der Waals surface area contributed by atoms with Gasteiger partial charge in [0.05, 0.1) is 11.8 Å². The zero-order chi connectivity index (χ0) is 13.0. The summed E-state index contributed by atoms with van der Waals surface area (Å²) in [5, 5.41) is 0. The number of fused-ring (bicyclic) bond motifs is 3. The topological polar surface area (TPSA) is 57.7 Å². The molecule has 0 N–H and O–H groups in total. The van der Waals surface area contributed by atoms with Gasteiger partial charge in [0, 0.05) is 33.0 Å². The van der Waals surface area contributed by atoms with Crippen molar-refractivity contribution in [2.45, 2.75) is 13.3 Å². The van der Waals surface area contributed by atoms with Gasteiger partial charge in [0.15, 0.2) is 0 Å². The Labute approximate surface area is 105 Å². The maximum Gasteiger partial charge on any atom is 0.233 e. The van der Waals surface area contributed by atoms with Crippen LogP contribution in [0, 0.1) is 17.8 Å². The molecule has 0 aromatic carbocycles. The van der Waals surface area contributed by atoms with Crippen molar-refractivity contribution in [3.63, 3.8) is 0 Å². The molecule has 18 heavy (non-hydrogen) atoms. The van der Waals surface area contributed by atoms with Crippen LogP contribution < -0.4 is 0 Å². The third-order valence-electron chi connectivity index (χ3n) is 4.48. The van der Waals surface area contributed by atoms with Crippen LogP contribution >= 0.6 is 0 Å². The average molecular weight is 248 g/mol. The van der Waals surface area contributed by atoms with Gasteiger partial charge < -0.3 is 4.90 Å². The third kappa shape index (κ3) is 1.36. The smallest absolute Gasteiger partial charge is 0.233 e. The van der Waals surface area contributed by atoms with Crippen LogP contribution in [0.1, 0.15) is 13.3 Å². The van der Waals surface area contributed by atoms with E-state index in [1.807, 2.05) is 0 Å². The number of carbonyl (C=O) groups is 3. The minimum atomic E-state index is -0.244. The van der Waals surface area contributed by atoms with Crippen LogP contribution in [-0.4, -0.2) is 47.7 Å². The molecule has 5 nitrogen and oxygen atoms in total. The van der Waals surface area contributed by atoms with E-state index in [-0.39, 0.29) is 35.5 Å². The number of imide groups is 1. The van der Waals surface area contributed by atoms with Gasteiger partial charge in [-0.05, 0) is 12.0 Å². The molecule has 3 unspecified atom stereocenters. The summed E-state index contributed by atoms with van der Waals surface area (Å²) in [6.45, 7) is 2.74.